The van der Waals surface area contributed by atoms with Gasteiger partial charge < -0.3 is 15.5 Å². The Labute approximate surface area is 199 Å². The molecule has 0 saturated heterocycles. The molecule has 0 spiro atoms. The first kappa shape index (κ1) is 25.0. The summed E-state index contributed by atoms with van der Waals surface area (Å²) in [5.41, 5.74) is 3.63. The maximum atomic E-state index is 12.5. The smallest absolute Gasteiger partial charge is 0.251 e. The summed E-state index contributed by atoms with van der Waals surface area (Å²) in [6.45, 7) is 1.85. The molecule has 0 unspecified atom stereocenters. The fourth-order valence-electron chi connectivity index (χ4n) is 4.40. The second kappa shape index (κ2) is 13.1. The summed E-state index contributed by atoms with van der Waals surface area (Å²) in [6, 6.07) is 15.6. The lowest BCUT2D eigenvalue weighted by molar-refractivity contribution is -0.116. The maximum absolute atomic E-state index is 12.5. The average Bonchev–Trinajstić information content (AvgIpc) is 2.83. The van der Waals surface area contributed by atoms with Crippen LogP contribution in [0.5, 0.6) is 0 Å². The molecule has 0 aromatic heterocycles. The molecule has 1 aliphatic rings. The Morgan fingerprint density at radius 1 is 0.848 bits per heavy atom. The first-order chi connectivity index (χ1) is 16.0. The van der Waals surface area contributed by atoms with Crippen LogP contribution in [0.2, 0.25) is 0 Å². The first-order valence-electron chi connectivity index (χ1n) is 12.4. The largest absolute Gasteiger partial charge is 0.352 e. The van der Waals surface area contributed by atoms with E-state index in [1.807, 2.05) is 48.5 Å². The third-order valence-electron chi connectivity index (χ3n) is 6.43. The molecule has 0 atom stereocenters. The van der Waals surface area contributed by atoms with Crippen molar-refractivity contribution >= 4 is 17.5 Å². The number of anilines is 1. The minimum atomic E-state index is 0.00639. The number of carbonyl (C=O) groups excluding carboxylic acids is 2. The van der Waals surface area contributed by atoms with Gasteiger partial charge in [0.1, 0.15) is 0 Å². The molecule has 2 aromatic carbocycles. The van der Waals surface area contributed by atoms with Gasteiger partial charge in [0.25, 0.3) is 5.91 Å². The van der Waals surface area contributed by atoms with Crippen molar-refractivity contribution in [2.24, 2.45) is 5.92 Å². The molecule has 0 heterocycles. The molecular weight excluding hydrogens is 410 g/mol. The molecule has 5 nitrogen and oxygen atoms in total. The number of nitrogens with one attached hydrogen (secondary N) is 2. The third-order valence-corrected chi connectivity index (χ3v) is 6.43. The number of amides is 2. The summed E-state index contributed by atoms with van der Waals surface area (Å²) < 4.78 is 0. The quantitative estimate of drug-likeness (QED) is 0.431. The zero-order valence-corrected chi connectivity index (χ0v) is 20.2. The van der Waals surface area contributed by atoms with E-state index in [9.17, 15) is 9.59 Å². The summed E-state index contributed by atoms with van der Waals surface area (Å²) >= 11 is 0. The second-order valence-corrected chi connectivity index (χ2v) is 9.53. The van der Waals surface area contributed by atoms with Crippen LogP contribution < -0.4 is 10.6 Å². The lowest BCUT2D eigenvalue weighted by Gasteiger charge is -2.21. The Morgan fingerprint density at radius 2 is 1.48 bits per heavy atom. The van der Waals surface area contributed by atoms with Gasteiger partial charge in [0.05, 0.1) is 0 Å². The van der Waals surface area contributed by atoms with Crippen LogP contribution in [0, 0.1) is 5.92 Å². The zero-order chi connectivity index (χ0) is 23.5. The first-order valence-corrected chi connectivity index (χ1v) is 12.4. The highest BCUT2D eigenvalue weighted by atomic mass is 16.2. The van der Waals surface area contributed by atoms with Crippen LogP contribution in [-0.2, 0) is 4.79 Å². The Morgan fingerprint density at radius 3 is 2.12 bits per heavy atom. The molecule has 5 heteroatoms. The highest BCUT2D eigenvalue weighted by Crippen LogP contribution is 2.24. The van der Waals surface area contributed by atoms with Crippen LogP contribution >= 0.6 is 0 Å². The molecule has 1 saturated carbocycles. The monoisotopic (exact) mass is 449 g/mol. The van der Waals surface area contributed by atoms with Crippen LogP contribution in [0.1, 0.15) is 68.1 Å². The summed E-state index contributed by atoms with van der Waals surface area (Å²) in [7, 11) is 4.14. The number of carbonyl (C=O) groups is 2. The molecule has 0 radical (unpaired) electrons. The van der Waals surface area contributed by atoms with Crippen LogP contribution in [0.3, 0.4) is 0 Å². The standard InChI is InChI=1S/C28H39N3O2/c1-31(2)20-8-4-7-11-27(32)30-26-18-16-24(17-19-26)23-12-14-25(15-13-23)28(33)29-21-22-9-5-3-6-10-22/h12-19,22H,3-11,20-21H2,1-2H3,(H,29,33)(H,30,32). The van der Waals surface area contributed by atoms with E-state index in [-0.39, 0.29) is 11.8 Å². The predicted octanol–water partition coefficient (Wildman–Crippen LogP) is 5.72. The fraction of sp³-hybridized carbons (Fsp3) is 0.500. The number of hydrogen-bond donors (Lipinski definition) is 2. The SMILES string of the molecule is CN(C)CCCCCC(=O)Nc1ccc(-c2ccc(C(=O)NCC3CCCCC3)cc2)cc1. The molecule has 33 heavy (non-hydrogen) atoms. The zero-order valence-electron chi connectivity index (χ0n) is 20.2. The molecule has 1 aliphatic carbocycles. The van der Waals surface area contributed by atoms with Gasteiger partial charge in [0, 0.05) is 24.2 Å². The van der Waals surface area contributed by atoms with Crippen molar-refractivity contribution in [3.63, 3.8) is 0 Å². The molecule has 2 aromatic rings. The van der Waals surface area contributed by atoms with E-state index in [2.05, 4.69) is 29.6 Å². The van der Waals surface area contributed by atoms with E-state index in [1.54, 1.807) is 0 Å². The van der Waals surface area contributed by atoms with Crippen LogP contribution in [-0.4, -0.2) is 43.9 Å². The van der Waals surface area contributed by atoms with Crippen molar-refractivity contribution in [2.75, 3.05) is 32.5 Å². The normalized spacial score (nSPS) is 14.3. The Bertz CT molecular complexity index is 869. The molecular formula is C28H39N3O2. The van der Waals surface area contributed by atoms with Gasteiger partial charge in [-0.05, 0) is 87.6 Å². The van der Waals surface area contributed by atoms with Gasteiger partial charge >= 0.3 is 0 Å². The van der Waals surface area contributed by atoms with E-state index in [4.69, 9.17) is 0 Å². The van der Waals surface area contributed by atoms with Gasteiger partial charge in [-0.2, -0.15) is 0 Å². The number of rotatable bonds is 11. The molecule has 2 amide bonds. The topological polar surface area (TPSA) is 61.4 Å². The van der Waals surface area contributed by atoms with Crippen LogP contribution in [0.15, 0.2) is 48.5 Å². The minimum absolute atomic E-state index is 0.00639. The average molecular weight is 450 g/mol. The molecule has 178 valence electrons. The maximum Gasteiger partial charge on any atom is 0.251 e. The van der Waals surface area contributed by atoms with E-state index in [0.29, 0.717) is 17.9 Å². The molecule has 1 fully saturated rings. The summed E-state index contributed by atoms with van der Waals surface area (Å²) in [5, 5.41) is 6.08. The summed E-state index contributed by atoms with van der Waals surface area (Å²) in [4.78, 5) is 26.8. The molecule has 0 aliphatic heterocycles. The molecule has 2 N–H and O–H groups in total. The van der Waals surface area contributed by atoms with Crippen LogP contribution in [0.25, 0.3) is 11.1 Å². The number of benzene rings is 2. The minimum Gasteiger partial charge on any atom is -0.352 e. The number of nitrogens with zero attached hydrogens (tertiary/aromatic N) is 1. The van der Waals surface area contributed by atoms with E-state index in [1.165, 1.54) is 32.1 Å². The second-order valence-electron chi connectivity index (χ2n) is 9.53. The predicted molar refractivity (Wildman–Crippen MR) is 136 cm³/mol. The van der Waals surface area contributed by atoms with Gasteiger partial charge in [-0.25, -0.2) is 0 Å². The van der Waals surface area contributed by atoms with Gasteiger partial charge in [-0.1, -0.05) is 49.9 Å². The Balaban J connectivity index is 1.44. The van der Waals surface area contributed by atoms with Crippen molar-refractivity contribution in [3.05, 3.63) is 54.1 Å². The Kier molecular flexibility index (Phi) is 9.95. The van der Waals surface area contributed by atoms with Crippen molar-refractivity contribution < 1.29 is 9.59 Å². The number of unbranched alkanes of at least 4 members (excludes halogenated alkanes) is 2. The van der Waals surface area contributed by atoms with Gasteiger partial charge in [0.15, 0.2) is 0 Å². The lowest BCUT2D eigenvalue weighted by Crippen LogP contribution is -2.30. The van der Waals surface area contributed by atoms with Crippen molar-refractivity contribution in [1.82, 2.24) is 10.2 Å². The fourth-order valence-corrected chi connectivity index (χ4v) is 4.40. The molecule has 3 rings (SSSR count). The summed E-state index contributed by atoms with van der Waals surface area (Å²) in [5.74, 6) is 0.701. The van der Waals surface area contributed by atoms with Crippen LogP contribution in [0.4, 0.5) is 5.69 Å². The third kappa shape index (κ3) is 8.65. The number of hydrogen-bond acceptors (Lipinski definition) is 3. The van der Waals surface area contributed by atoms with Gasteiger partial charge in [0.2, 0.25) is 5.91 Å². The highest BCUT2D eigenvalue weighted by molar-refractivity contribution is 5.94. The highest BCUT2D eigenvalue weighted by Gasteiger charge is 2.15. The van der Waals surface area contributed by atoms with Crippen molar-refractivity contribution in [2.45, 2.75) is 57.8 Å². The van der Waals surface area contributed by atoms with Gasteiger partial charge in [-0.15, -0.1) is 0 Å². The van der Waals surface area contributed by atoms with Crippen molar-refractivity contribution in [1.29, 1.82) is 0 Å². The summed E-state index contributed by atoms with van der Waals surface area (Å²) in [6.07, 6.45) is 10.0. The van der Waals surface area contributed by atoms with E-state index >= 15 is 0 Å². The molecule has 0 bridgehead atoms. The lowest BCUT2D eigenvalue weighted by atomic mass is 9.89. The van der Waals surface area contributed by atoms with Gasteiger partial charge in [-0.3, -0.25) is 9.59 Å². The van der Waals surface area contributed by atoms with Crippen molar-refractivity contribution in [3.8, 4) is 11.1 Å². The van der Waals surface area contributed by atoms with E-state index in [0.717, 1.165) is 49.2 Å². The van der Waals surface area contributed by atoms with E-state index < -0.39 is 0 Å². The Hall–Kier alpha value is -2.66.